The summed E-state index contributed by atoms with van der Waals surface area (Å²) in [6.45, 7) is 5.84. The summed E-state index contributed by atoms with van der Waals surface area (Å²) in [6, 6.07) is 21.0. The number of carbonyl (C=O) groups is 1. The zero-order chi connectivity index (χ0) is 23.1. The van der Waals surface area contributed by atoms with Crippen molar-refractivity contribution in [2.45, 2.75) is 26.9 Å². The Hall–Kier alpha value is -4.19. The maximum atomic E-state index is 12.4. The molecule has 0 amide bonds. The first-order chi connectivity index (χ1) is 15.9. The van der Waals surface area contributed by atoms with Gasteiger partial charge in [-0.3, -0.25) is 0 Å². The van der Waals surface area contributed by atoms with E-state index in [-0.39, 0.29) is 11.7 Å². The summed E-state index contributed by atoms with van der Waals surface area (Å²) in [5.74, 6) is -0.539. The highest BCUT2D eigenvalue weighted by molar-refractivity contribution is 6.07. The van der Waals surface area contributed by atoms with Crippen molar-refractivity contribution in [3.05, 3.63) is 95.2 Å². The molecule has 164 valence electrons. The normalized spacial score (nSPS) is 12.2. The van der Waals surface area contributed by atoms with Crippen LogP contribution in [0.3, 0.4) is 0 Å². The smallest absolute Gasteiger partial charge is 0.336 e. The second-order valence-electron chi connectivity index (χ2n) is 8.14. The number of hydrogen-bond donors (Lipinski definition) is 1. The number of aromatic carboxylic acids is 1. The molecule has 0 radical (unpaired) electrons. The lowest BCUT2D eigenvalue weighted by Crippen LogP contribution is -2.07. The number of nitrogens with zero attached hydrogens (tertiary/aromatic N) is 3. The van der Waals surface area contributed by atoms with Crippen LogP contribution in [0, 0.1) is 13.8 Å². The van der Waals surface area contributed by atoms with Gasteiger partial charge in [0.05, 0.1) is 27.7 Å². The van der Waals surface area contributed by atoms with Crippen molar-refractivity contribution in [2.75, 3.05) is 0 Å². The molecule has 6 nitrogen and oxygen atoms in total. The van der Waals surface area contributed by atoms with Gasteiger partial charge < -0.3 is 9.84 Å². The predicted octanol–water partition coefficient (Wildman–Crippen LogP) is 6.00. The molecule has 6 heteroatoms. The van der Waals surface area contributed by atoms with Crippen molar-refractivity contribution in [2.24, 2.45) is 0 Å². The lowest BCUT2D eigenvalue weighted by Gasteiger charge is -2.18. The second-order valence-corrected chi connectivity index (χ2v) is 8.14. The fraction of sp³-hybridized carbons (Fsp3) is 0.148. The first-order valence-corrected chi connectivity index (χ1v) is 10.8. The van der Waals surface area contributed by atoms with E-state index >= 15 is 0 Å². The SMILES string of the molecule is Cc1ccc(O[C@H](C)c2ccccc2)c2c(C(=O)O)cc(-c3nn4ccccc4c3C)nc12. The molecule has 0 unspecified atom stereocenters. The maximum absolute atomic E-state index is 12.4. The van der Waals surface area contributed by atoms with Gasteiger partial charge in [0.1, 0.15) is 17.5 Å². The molecule has 2 aromatic carbocycles. The molecule has 0 saturated carbocycles. The Morgan fingerprint density at radius 3 is 2.52 bits per heavy atom. The van der Waals surface area contributed by atoms with Gasteiger partial charge in [-0.25, -0.2) is 14.3 Å². The summed E-state index contributed by atoms with van der Waals surface area (Å²) >= 11 is 0. The zero-order valence-electron chi connectivity index (χ0n) is 18.6. The van der Waals surface area contributed by atoms with E-state index in [1.165, 1.54) is 0 Å². The van der Waals surface area contributed by atoms with E-state index in [0.717, 1.165) is 22.2 Å². The van der Waals surface area contributed by atoms with Crippen LogP contribution in [-0.4, -0.2) is 25.7 Å². The van der Waals surface area contributed by atoms with Crippen LogP contribution < -0.4 is 4.74 Å². The van der Waals surface area contributed by atoms with Crippen LogP contribution in [0.15, 0.2) is 72.9 Å². The van der Waals surface area contributed by atoms with Gasteiger partial charge in [0.25, 0.3) is 0 Å². The van der Waals surface area contributed by atoms with Crippen molar-refractivity contribution in [3.63, 3.8) is 0 Å². The average Bonchev–Trinajstić information content (AvgIpc) is 3.17. The number of hydrogen-bond acceptors (Lipinski definition) is 4. The third-order valence-corrected chi connectivity index (χ3v) is 5.96. The minimum atomic E-state index is -1.03. The van der Waals surface area contributed by atoms with Crippen LogP contribution in [-0.2, 0) is 0 Å². The van der Waals surface area contributed by atoms with Crippen molar-refractivity contribution < 1.29 is 14.6 Å². The molecule has 3 heterocycles. The molecular weight excluding hydrogens is 414 g/mol. The molecule has 0 aliphatic carbocycles. The quantitative estimate of drug-likeness (QED) is 0.365. The highest BCUT2D eigenvalue weighted by atomic mass is 16.5. The zero-order valence-corrected chi connectivity index (χ0v) is 18.6. The number of pyridine rings is 2. The van der Waals surface area contributed by atoms with Crippen molar-refractivity contribution in [3.8, 4) is 17.1 Å². The van der Waals surface area contributed by atoms with Gasteiger partial charge in [-0.15, -0.1) is 0 Å². The first-order valence-electron chi connectivity index (χ1n) is 10.8. The van der Waals surface area contributed by atoms with Gasteiger partial charge in [-0.1, -0.05) is 42.5 Å². The van der Waals surface area contributed by atoms with Gasteiger partial charge in [-0.2, -0.15) is 5.10 Å². The van der Waals surface area contributed by atoms with E-state index < -0.39 is 5.97 Å². The fourth-order valence-corrected chi connectivity index (χ4v) is 4.18. The molecule has 33 heavy (non-hydrogen) atoms. The van der Waals surface area contributed by atoms with Gasteiger partial charge in [0.2, 0.25) is 0 Å². The van der Waals surface area contributed by atoms with E-state index in [1.54, 1.807) is 10.6 Å². The number of aryl methyl sites for hydroxylation is 2. The van der Waals surface area contributed by atoms with Crippen LogP contribution in [0.25, 0.3) is 27.8 Å². The van der Waals surface area contributed by atoms with E-state index in [0.29, 0.717) is 28.0 Å². The Kier molecular flexibility index (Phi) is 5.05. The van der Waals surface area contributed by atoms with Crippen molar-refractivity contribution in [1.82, 2.24) is 14.6 Å². The van der Waals surface area contributed by atoms with Gasteiger partial charge in [0, 0.05) is 11.8 Å². The molecular formula is C27H23N3O3. The van der Waals surface area contributed by atoms with Crippen LogP contribution >= 0.6 is 0 Å². The molecule has 1 atom stereocenters. The molecule has 0 saturated heterocycles. The highest BCUT2D eigenvalue weighted by Crippen LogP contribution is 2.36. The van der Waals surface area contributed by atoms with Crippen LogP contribution in [0.1, 0.15) is 40.1 Å². The van der Waals surface area contributed by atoms with E-state index in [2.05, 4.69) is 5.10 Å². The molecule has 5 rings (SSSR count). The number of carboxylic acids is 1. The van der Waals surface area contributed by atoms with Crippen LogP contribution in [0.4, 0.5) is 0 Å². The molecule has 0 fully saturated rings. The molecule has 0 spiro atoms. The van der Waals surface area contributed by atoms with E-state index in [4.69, 9.17) is 9.72 Å². The minimum absolute atomic E-state index is 0.144. The monoisotopic (exact) mass is 437 g/mol. The summed E-state index contributed by atoms with van der Waals surface area (Å²) in [7, 11) is 0. The van der Waals surface area contributed by atoms with Crippen molar-refractivity contribution in [1.29, 1.82) is 0 Å². The Labute approximate surface area is 191 Å². The Bertz CT molecular complexity index is 1510. The number of ether oxygens (including phenoxy) is 1. The molecule has 5 aromatic rings. The lowest BCUT2D eigenvalue weighted by atomic mass is 10.0. The number of carboxylic acid groups (broad SMARTS) is 1. The van der Waals surface area contributed by atoms with Gasteiger partial charge in [-0.05, 0) is 56.2 Å². The minimum Gasteiger partial charge on any atom is -0.485 e. The summed E-state index contributed by atoms with van der Waals surface area (Å²) in [6.07, 6.45) is 1.62. The predicted molar refractivity (Wildman–Crippen MR) is 128 cm³/mol. The second kappa shape index (κ2) is 8.06. The number of benzene rings is 2. The maximum Gasteiger partial charge on any atom is 0.336 e. The Morgan fingerprint density at radius 1 is 1.03 bits per heavy atom. The summed E-state index contributed by atoms with van der Waals surface area (Å²) in [5.41, 5.74) is 5.71. The van der Waals surface area contributed by atoms with Crippen molar-refractivity contribution >= 4 is 22.4 Å². The Balaban J connectivity index is 1.70. The highest BCUT2D eigenvalue weighted by Gasteiger charge is 2.22. The summed E-state index contributed by atoms with van der Waals surface area (Å²) in [4.78, 5) is 17.2. The van der Waals surface area contributed by atoms with Crippen LogP contribution in [0.5, 0.6) is 5.75 Å². The van der Waals surface area contributed by atoms with E-state index in [9.17, 15) is 9.90 Å². The third kappa shape index (κ3) is 3.59. The molecule has 0 aliphatic heterocycles. The third-order valence-electron chi connectivity index (χ3n) is 5.96. The van der Waals surface area contributed by atoms with E-state index in [1.807, 2.05) is 87.6 Å². The first kappa shape index (κ1) is 20.7. The Morgan fingerprint density at radius 2 is 1.79 bits per heavy atom. The molecule has 3 aromatic heterocycles. The summed E-state index contributed by atoms with van der Waals surface area (Å²) < 4.78 is 8.04. The average molecular weight is 437 g/mol. The largest absolute Gasteiger partial charge is 0.485 e. The standard InChI is InChI=1S/C27H23N3O3/c1-16-12-13-23(33-18(3)19-9-5-4-6-10-19)24-20(27(31)32)15-21(28-25(16)24)26-17(2)22-11-7-8-14-30(22)29-26/h4-15,18H,1-3H3,(H,31,32)/t18-/m1/s1. The topological polar surface area (TPSA) is 76.7 Å². The fourth-order valence-electron chi connectivity index (χ4n) is 4.18. The van der Waals surface area contributed by atoms with Gasteiger partial charge >= 0.3 is 5.97 Å². The molecule has 1 N–H and O–H groups in total. The molecule has 0 aliphatic rings. The number of rotatable bonds is 5. The molecule has 0 bridgehead atoms. The summed E-state index contributed by atoms with van der Waals surface area (Å²) in [5, 5.41) is 15.3. The number of fused-ring (bicyclic) bond motifs is 2. The number of aromatic nitrogens is 3. The van der Waals surface area contributed by atoms with Crippen LogP contribution in [0.2, 0.25) is 0 Å². The lowest BCUT2D eigenvalue weighted by molar-refractivity contribution is 0.0698. The van der Waals surface area contributed by atoms with Gasteiger partial charge in [0.15, 0.2) is 0 Å².